The van der Waals surface area contributed by atoms with Crippen LogP contribution in [0.25, 0.3) is 0 Å². The molecule has 0 saturated heterocycles. The van der Waals surface area contributed by atoms with Gasteiger partial charge in [-0.05, 0) is 29.7 Å². The lowest BCUT2D eigenvalue weighted by atomic mass is 9.88. The molecule has 0 bridgehead atoms. The van der Waals surface area contributed by atoms with Crippen LogP contribution in [0.15, 0.2) is 84.9 Å². The molecule has 5 heteroatoms. The highest BCUT2D eigenvalue weighted by Gasteiger charge is 2.23. The van der Waals surface area contributed by atoms with Gasteiger partial charge in [0, 0.05) is 17.7 Å². The Bertz CT molecular complexity index is 1040. The van der Waals surface area contributed by atoms with Crippen molar-refractivity contribution in [1.29, 1.82) is 0 Å². The SMILES string of the molecule is CS(=O)(=O)CCC(C(=O)c1cccc(OCc2ccccc2)c1)c1ccccc1. The Labute approximate surface area is 172 Å². The Balaban J connectivity index is 1.79. The molecular formula is C24H24O4S. The molecule has 4 nitrogen and oxygen atoms in total. The van der Waals surface area contributed by atoms with E-state index in [1.807, 2.05) is 66.7 Å². The number of hydrogen-bond donors (Lipinski definition) is 0. The van der Waals surface area contributed by atoms with E-state index in [2.05, 4.69) is 0 Å². The molecule has 150 valence electrons. The zero-order valence-corrected chi connectivity index (χ0v) is 17.1. The number of Topliss-reactive ketones (excluding diaryl/α,β-unsaturated/α-hetero) is 1. The van der Waals surface area contributed by atoms with E-state index in [9.17, 15) is 13.2 Å². The Kier molecular flexibility index (Phi) is 6.83. The Hall–Kier alpha value is -2.92. The average Bonchev–Trinajstić information content (AvgIpc) is 2.73. The summed E-state index contributed by atoms with van der Waals surface area (Å²) in [6.07, 6.45) is 1.44. The molecule has 0 aliphatic carbocycles. The minimum Gasteiger partial charge on any atom is -0.489 e. The minimum atomic E-state index is -3.17. The topological polar surface area (TPSA) is 60.4 Å². The summed E-state index contributed by atoms with van der Waals surface area (Å²) in [5.74, 6) is -0.0578. The largest absolute Gasteiger partial charge is 0.489 e. The third-order valence-corrected chi connectivity index (χ3v) is 5.64. The third kappa shape index (κ3) is 6.29. The summed E-state index contributed by atoms with van der Waals surface area (Å²) >= 11 is 0. The van der Waals surface area contributed by atoms with Crippen LogP contribution in [-0.4, -0.2) is 26.2 Å². The van der Waals surface area contributed by atoms with Crippen molar-refractivity contribution < 1.29 is 17.9 Å². The molecule has 1 unspecified atom stereocenters. The summed E-state index contributed by atoms with van der Waals surface area (Å²) in [6.45, 7) is 0.411. The minimum absolute atomic E-state index is 0.0392. The van der Waals surface area contributed by atoms with E-state index >= 15 is 0 Å². The molecule has 0 saturated carbocycles. The lowest BCUT2D eigenvalue weighted by Crippen LogP contribution is -2.17. The highest BCUT2D eigenvalue weighted by atomic mass is 32.2. The second-order valence-electron chi connectivity index (χ2n) is 7.05. The molecule has 0 radical (unpaired) electrons. The molecule has 29 heavy (non-hydrogen) atoms. The Morgan fingerprint density at radius 2 is 1.55 bits per heavy atom. The monoisotopic (exact) mass is 408 g/mol. The summed E-state index contributed by atoms with van der Waals surface area (Å²) in [4.78, 5) is 13.2. The number of sulfone groups is 1. The van der Waals surface area contributed by atoms with Crippen LogP contribution in [0, 0.1) is 0 Å². The second kappa shape index (κ2) is 9.52. The van der Waals surface area contributed by atoms with Crippen LogP contribution in [0.3, 0.4) is 0 Å². The summed E-state index contributed by atoms with van der Waals surface area (Å²) in [7, 11) is -3.17. The van der Waals surface area contributed by atoms with E-state index in [-0.39, 0.29) is 18.0 Å². The molecule has 0 aliphatic rings. The molecule has 0 spiro atoms. The van der Waals surface area contributed by atoms with E-state index in [1.54, 1.807) is 18.2 Å². The number of hydrogen-bond acceptors (Lipinski definition) is 4. The van der Waals surface area contributed by atoms with E-state index < -0.39 is 15.8 Å². The summed E-state index contributed by atoms with van der Waals surface area (Å²) in [5, 5.41) is 0. The van der Waals surface area contributed by atoms with Gasteiger partial charge in [0.15, 0.2) is 5.78 Å². The van der Waals surface area contributed by atoms with E-state index in [4.69, 9.17) is 4.74 Å². The van der Waals surface area contributed by atoms with Crippen molar-refractivity contribution in [2.75, 3.05) is 12.0 Å². The van der Waals surface area contributed by atoms with Crippen molar-refractivity contribution in [3.63, 3.8) is 0 Å². The molecule has 0 fully saturated rings. The zero-order chi connectivity index (χ0) is 20.7. The smallest absolute Gasteiger partial charge is 0.170 e. The van der Waals surface area contributed by atoms with Gasteiger partial charge in [-0.25, -0.2) is 8.42 Å². The van der Waals surface area contributed by atoms with Crippen LogP contribution >= 0.6 is 0 Å². The van der Waals surface area contributed by atoms with E-state index in [0.29, 0.717) is 17.9 Å². The number of carbonyl (C=O) groups is 1. The van der Waals surface area contributed by atoms with Crippen LogP contribution in [-0.2, 0) is 16.4 Å². The molecule has 0 amide bonds. The number of ether oxygens (including phenoxy) is 1. The molecule has 0 heterocycles. The van der Waals surface area contributed by atoms with Gasteiger partial charge in [0.25, 0.3) is 0 Å². The first-order valence-electron chi connectivity index (χ1n) is 9.46. The molecule has 1 atom stereocenters. The van der Waals surface area contributed by atoms with Crippen molar-refractivity contribution in [2.45, 2.75) is 18.9 Å². The van der Waals surface area contributed by atoms with Gasteiger partial charge in [-0.15, -0.1) is 0 Å². The van der Waals surface area contributed by atoms with Gasteiger partial charge in [-0.3, -0.25) is 4.79 Å². The van der Waals surface area contributed by atoms with Crippen molar-refractivity contribution >= 4 is 15.6 Å². The first-order valence-corrected chi connectivity index (χ1v) is 11.5. The molecule has 0 aliphatic heterocycles. The van der Waals surface area contributed by atoms with Gasteiger partial charge in [0.1, 0.15) is 22.2 Å². The van der Waals surface area contributed by atoms with Crippen LogP contribution in [0.4, 0.5) is 0 Å². The summed E-state index contributed by atoms with van der Waals surface area (Å²) in [6, 6.07) is 26.2. The van der Waals surface area contributed by atoms with Crippen molar-refractivity contribution in [2.24, 2.45) is 0 Å². The fourth-order valence-corrected chi connectivity index (χ4v) is 3.81. The van der Waals surface area contributed by atoms with Gasteiger partial charge in [-0.1, -0.05) is 72.8 Å². The Morgan fingerprint density at radius 3 is 2.21 bits per heavy atom. The fourth-order valence-electron chi connectivity index (χ4n) is 3.15. The van der Waals surface area contributed by atoms with Crippen molar-refractivity contribution in [1.82, 2.24) is 0 Å². The predicted octanol–water partition coefficient (Wildman–Crippen LogP) is 4.67. The van der Waals surface area contributed by atoms with Crippen LogP contribution < -0.4 is 4.74 Å². The average molecular weight is 409 g/mol. The van der Waals surface area contributed by atoms with Gasteiger partial charge < -0.3 is 4.74 Å². The number of ketones is 1. The molecule has 3 aromatic carbocycles. The summed E-state index contributed by atoms with van der Waals surface area (Å²) in [5.41, 5.74) is 2.37. The maximum Gasteiger partial charge on any atom is 0.170 e. The maximum atomic E-state index is 13.2. The highest BCUT2D eigenvalue weighted by Crippen LogP contribution is 2.27. The Morgan fingerprint density at radius 1 is 0.897 bits per heavy atom. The number of carbonyl (C=O) groups excluding carboxylic acids is 1. The first-order chi connectivity index (χ1) is 13.9. The first kappa shape index (κ1) is 20.8. The zero-order valence-electron chi connectivity index (χ0n) is 16.3. The molecule has 0 aromatic heterocycles. The molecular weight excluding hydrogens is 384 g/mol. The molecule has 3 aromatic rings. The molecule has 3 rings (SSSR count). The van der Waals surface area contributed by atoms with Crippen LogP contribution in [0.5, 0.6) is 5.75 Å². The lowest BCUT2D eigenvalue weighted by molar-refractivity contribution is 0.0957. The quantitative estimate of drug-likeness (QED) is 0.483. The normalized spacial score (nSPS) is 12.3. The third-order valence-electron chi connectivity index (χ3n) is 4.66. The molecule has 0 N–H and O–H groups in total. The standard InChI is InChI=1S/C24H24O4S/c1-29(26,27)16-15-23(20-11-6-3-7-12-20)24(25)21-13-8-14-22(17-21)28-18-19-9-4-2-5-10-19/h2-14,17,23H,15-16,18H2,1H3. The van der Waals surface area contributed by atoms with Crippen LogP contribution in [0.2, 0.25) is 0 Å². The number of rotatable bonds is 9. The van der Waals surface area contributed by atoms with E-state index in [0.717, 1.165) is 11.1 Å². The second-order valence-corrected chi connectivity index (χ2v) is 9.31. The maximum absolute atomic E-state index is 13.2. The van der Waals surface area contributed by atoms with Crippen molar-refractivity contribution in [3.05, 3.63) is 102 Å². The lowest BCUT2D eigenvalue weighted by Gasteiger charge is -2.17. The summed E-state index contributed by atoms with van der Waals surface area (Å²) < 4.78 is 29.2. The van der Waals surface area contributed by atoms with E-state index in [1.165, 1.54) is 6.26 Å². The van der Waals surface area contributed by atoms with Crippen LogP contribution in [0.1, 0.15) is 33.8 Å². The number of benzene rings is 3. The van der Waals surface area contributed by atoms with Gasteiger partial charge >= 0.3 is 0 Å². The van der Waals surface area contributed by atoms with Gasteiger partial charge in [-0.2, -0.15) is 0 Å². The highest BCUT2D eigenvalue weighted by molar-refractivity contribution is 7.90. The fraction of sp³-hybridized carbons (Fsp3) is 0.208. The van der Waals surface area contributed by atoms with Gasteiger partial charge in [0.2, 0.25) is 0 Å². The predicted molar refractivity (Wildman–Crippen MR) is 115 cm³/mol. The van der Waals surface area contributed by atoms with Gasteiger partial charge in [0.05, 0.1) is 5.75 Å². The van der Waals surface area contributed by atoms with Crippen molar-refractivity contribution in [3.8, 4) is 5.75 Å².